The van der Waals surface area contributed by atoms with Gasteiger partial charge in [0.15, 0.2) is 5.78 Å². The molecule has 0 spiro atoms. The van der Waals surface area contributed by atoms with Crippen LogP contribution in [0.4, 0.5) is 13.2 Å². The first-order valence-electron chi connectivity index (χ1n) is 6.00. The molecule has 2 unspecified atom stereocenters. The highest BCUT2D eigenvalue weighted by molar-refractivity contribution is 5.98. The van der Waals surface area contributed by atoms with E-state index in [0.717, 1.165) is 12.6 Å². The quantitative estimate of drug-likeness (QED) is 0.861. The second kappa shape index (κ2) is 5.21. The first kappa shape index (κ1) is 13.9. The molecule has 1 fully saturated rings. The van der Waals surface area contributed by atoms with Crippen molar-refractivity contribution in [3.05, 3.63) is 29.8 Å². The van der Waals surface area contributed by atoms with Gasteiger partial charge < -0.3 is 10.1 Å². The molecule has 1 aliphatic rings. The summed E-state index contributed by atoms with van der Waals surface area (Å²) >= 11 is 0. The number of ether oxygens (including phenoxy) is 1. The molecule has 1 heterocycles. The van der Waals surface area contributed by atoms with Gasteiger partial charge >= 0.3 is 6.36 Å². The molecule has 104 valence electrons. The Morgan fingerprint density at radius 2 is 2.16 bits per heavy atom. The number of carbonyl (C=O) groups is 1. The van der Waals surface area contributed by atoms with E-state index in [1.165, 1.54) is 18.2 Å². The lowest BCUT2D eigenvalue weighted by atomic mass is 9.92. The largest absolute Gasteiger partial charge is 0.573 e. The predicted molar refractivity (Wildman–Crippen MR) is 63.0 cm³/mol. The van der Waals surface area contributed by atoms with E-state index in [0.29, 0.717) is 6.42 Å². The van der Waals surface area contributed by atoms with Crippen molar-refractivity contribution in [1.29, 1.82) is 0 Å². The van der Waals surface area contributed by atoms with E-state index in [2.05, 4.69) is 10.1 Å². The lowest BCUT2D eigenvalue weighted by Gasteiger charge is -2.15. The number of nitrogens with one attached hydrogen (secondary N) is 1. The van der Waals surface area contributed by atoms with E-state index < -0.39 is 6.36 Å². The highest BCUT2D eigenvalue weighted by Crippen LogP contribution is 2.26. The number of halogens is 3. The normalized spacial score (nSPS) is 23.4. The van der Waals surface area contributed by atoms with E-state index >= 15 is 0 Å². The van der Waals surface area contributed by atoms with Crippen LogP contribution in [0.15, 0.2) is 24.3 Å². The maximum atomic E-state index is 12.2. The molecule has 3 nitrogen and oxygen atoms in total. The Balaban J connectivity index is 2.16. The Morgan fingerprint density at radius 1 is 1.42 bits per heavy atom. The average molecular weight is 273 g/mol. The number of Topliss-reactive ketones (excluding diaryl/α,β-unsaturated/α-hetero) is 1. The molecule has 0 aromatic heterocycles. The van der Waals surface area contributed by atoms with Crippen LogP contribution in [0.25, 0.3) is 0 Å². The van der Waals surface area contributed by atoms with Gasteiger partial charge in [-0.2, -0.15) is 0 Å². The van der Waals surface area contributed by atoms with Crippen molar-refractivity contribution >= 4 is 5.78 Å². The molecular formula is C13H14F3NO2. The molecule has 1 N–H and O–H groups in total. The standard InChI is InChI=1S/C13H14F3NO2/c1-8-11(5-6-17-8)12(18)9-3-2-4-10(7-9)19-13(14,15)16/h2-4,7-8,11,17H,5-6H2,1H3. The third kappa shape index (κ3) is 3.47. The third-order valence-electron chi connectivity index (χ3n) is 3.21. The number of ketones is 1. The zero-order chi connectivity index (χ0) is 14.0. The zero-order valence-corrected chi connectivity index (χ0v) is 10.3. The molecule has 0 bridgehead atoms. The SMILES string of the molecule is CC1NCCC1C(=O)c1cccc(OC(F)(F)F)c1. The van der Waals surface area contributed by atoms with Gasteiger partial charge in [-0.3, -0.25) is 4.79 Å². The van der Waals surface area contributed by atoms with Crippen LogP contribution < -0.4 is 10.1 Å². The lowest BCUT2D eigenvalue weighted by Crippen LogP contribution is -2.28. The smallest absolute Gasteiger partial charge is 0.406 e. The average Bonchev–Trinajstić information content (AvgIpc) is 2.72. The number of carbonyl (C=O) groups excluding carboxylic acids is 1. The number of alkyl halides is 3. The second-order valence-electron chi connectivity index (χ2n) is 4.58. The van der Waals surface area contributed by atoms with Crippen LogP contribution in [0.3, 0.4) is 0 Å². The van der Waals surface area contributed by atoms with Gasteiger partial charge in [0, 0.05) is 17.5 Å². The van der Waals surface area contributed by atoms with Crippen LogP contribution in [-0.4, -0.2) is 24.7 Å². The first-order chi connectivity index (χ1) is 8.87. The summed E-state index contributed by atoms with van der Waals surface area (Å²) < 4.78 is 40.2. The van der Waals surface area contributed by atoms with Gasteiger partial charge in [-0.05, 0) is 32.0 Å². The van der Waals surface area contributed by atoms with Crippen molar-refractivity contribution < 1.29 is 22.7 Å². The fourth-order valence-corrected chi connectivity index (χ4v) is 2.28. The molecule has 1 aromatic carbocycles. The van der Waals surface area contributed by atoms with Gasteiger partial charge in [-0.1, -0.05) is 12.1 Å². The second-order valence-corrected chi connectivity index (χ2v) is 4.58. The Labute approximate surface area is 108 Å². The van der Waals surface area contributed by atoms with Crippen LogP contribution in [0.2, 0.25) is 0 Å². The first-order valence-corrected chi connectivity index (χ1v) is 6.00. The van der Waals surface area contributed by atoms with E-state index in [-0.39, 0.29) is 29.1 Å². The molecule has 1 saturated heterocycles. The minimum Gasteiger partial charge on any atom is -0.406 e. The maximum Gasteiger partial charge on any atom is 0.573 e. The van der Waals surface area contributed by atoms with Crippen LogP contribution in [0, 0.1) is 5.92 Å². The fourth-order valence-electron chi connectivity index (χ4n) is 2.28. The third-order valence-corrected chi connectivity index (χ3v) is 3.21. The number of hydrogen-bond donors (Lipinski definition) is 1. The molecule has 2 rings (SSSR count). The lowest BCUT2D eigenvalue weighted by molar-refractivity contribution is -0.274. The molecule has 0 radical (unpaired) electrons. The van der Waals surface area contributed by atoms with E-state index in [1.54, 1.807) is 0 Å². The molecule has 2 atom stereocenters. The Kier molecular flexibility index (Phi) is 3.80. The molecule has 0 aliphatic carbocycles. The van der Waals surface area contributed by atoms with Crippen molar-refractivity contribution in [2.75, 3.05) is 6.54 Å². The highest BCUT2D eigenvalue weighted by atomic mass is 19.4. The number of benzene rings is 1. The number of rotatable bonds is 3. The summed E-state index contributed by atoms with van der Waals surface area (Å²) in [5.74, 6) is -0.705. The van der Waals surface area contributed by atoms with Gasteiger partial charge in [-0.25, -0.2) is 0 Å². The minimum absolute atomic E-state index is 0.0414. The summed E-state index contributed by atoms with van der Waals surface area (Å²) in [6, 6.07) is 5.26. The molecule has 0 saturated carbocycles. The summed E-state index contributed by atoms with van der Waals surface area (Å²) in [6.45, 7) is 2.64. The zero-order valence-electron chi connectivity index (χ0n) is 10.3. The Morgan fingerprint density at radius 3 is 2.74 bits per heavy atom. The van der Waals surface area contributed by atoms with Crippen LogP contribution in [0.1, 0.15) is 23.7 Å². The van der Waals surface area contributed by atoms with Crippen molar-refractivity contribution in [2.45, 2.75) is 25.7 Å². The van der Waals surface area contributed by atoms with E-state index in [4.69, 9.17) is 0 Å². The van der Waals surface area contributed by atoms with Gasteiger partial charge in [0.2, 0.25) is 0 Å². The molecule has 1 aliphatic heterocycles. The van der Waals surface area contributed by atoms with Crippen LogP contribution in [0.5, 0.6) is 5.75 Å². The van der Waals surface area contributed by atoms with Crippen molar-refractivity contribution in [2.24, 2.45) is 5.92 Å². The van der Waals surface area contributed by atoms with Gasteiger partial charge in [0.1, 0.15) is 5.75 Å². The summed E-state index contributed by atoms with van der Waals surface area (Å²) in [4.78, 5) is 12.2. The van der Waals surface area contributed by atoms with E-state index in [1.807, 2.05) is 6.92 Å². The topological polar surface area (TPSA) is 38.3 Å². The predicted octanol–water partition coefficient (Wildman–Crippen LogP) is 2.77. The summed E-state index contributed by atoms with van der Waals surface area (Å²) in [7, 11) is 0. The molecule has 6 heteroatoms. The van der Waals surface area contributed by atoms with Crippen LogP contribution >= 0.6 is 0 Å². The molecule has 19 heavy (non-hydrogen) atoms. The monoisotopic (exact) mass is 273 g/mol. The maximum absolute atomic E-state index is 12.2. The van der Waals surface area contributed by atoms with E-state index in [9.17, 15) is 18.0 Å². The van der Waals surface area contributed by atoms with Crippen molar-refractivity contribution in [3.8, 4) is 5.75 Å². The van der Waals surface area contributed by atoms with Crippen molar-refractivity contribution in [1.82, 2.24) is 5.32 Å². The molecule has 1 aromatic rings. The Hall–Kier alpha value is -1.56. The summed E-state index contributed by atoms with van der Waals surface area (Å²) in [5.41, 5.74) is 0.252. The highest BCUT2D eigenvalue weighted by Gasteiger charge is 2.33. The summed E-state index contributed by atoms with van der Waals surface area (Å²) in [6.07, 6.45) is -4.05. The summed E-state index contributed by atoms with van der Waals surface area (Å²) in [5, 5.41) is 3.14. The molecular weight excluding hydrogens is 259 g/mol. The molecule has 0 amide bonds. The Bertz CT molecular complexity index is 473. The van der Waals surface area contributed by atoms with Gasteiger partial charge in [-0.15, -0.1) is 13.2 Å². The fraction of sp³-hybridized carbons (Fsp3) is 0.462. The number of hydrogen-bond acceptors (Lipinski definition) is 3. The van der Waals surface area contributed by atoms with Crippen molar-refractivity contribution in [3.63, 3.8) is 0 Å². The van der Waals surface area contributed by atoms with Crippen LogP contribution in [-0.2, 0) is 0 Å². The van der Waals surface area contributed by atoms with Gasteiger partial charge in [0.25, 0.3) is 0 Å². The minimum atomic E-state index is -4.75. The van der Waals surface area contributed by atoms with Gasteiger partial charge in [0.05, 0.1) is 0 Å².